The van der Waals surface area contributed by atoms with Crippen LogP contribution in [0.15, 0.2) is 30.3 Å². The molecule has 1 aliphatic carbocycles. The van der Waals surface area contributed by atoms with Crippen molar-refractivity contribution in [2.75, 3.05) is 33.2 Å². The lowest BCUT2D eigenvalue weighted by Crippen LogP contribution is -2.58. The summed E-state index contributed by atoms with van der Waals surface area (Å²) in [7, 11) is 1.79. The molecule has 1 saturated carbocycles. The molecule has 33 heavy (non-hydrogen) atoms. The van der Waals surface area contributed by atoms with Gasteiger partial charge in [0.05, 0.1) is 6.04 Å². The second-order valence-electron chi connectivity index (χ2n) is 10.4. The van der Waals surface area contributed by atoms with Crippen LogP contribution in [0.5, 0.6) is 0 Å². The van der Waals surface area contributed by atoms with E-state index >= 15 is 0 Å². The topological polar surface area (TPSA) is 64.7 Å². The first-order valence-electron chi connectivity index (χ1n) is 13.1. The number of nitrogens with one attached hydrogen (secondary N) is 2. The fraction of sp³-hybridized carbons (Fsp3) is 0.704. The van der Waals surface area contributed by atoms with E-state index < -0.39 is 0 Å². The molecule has 1 aromatic rings. The van der Waals surface area contributed by atoms with Crippen LogP contribution in [-0.2, 0) is 16.0 Å². The molecule has 4 rings (SSSR count). The van der Waals surface area contributed by atoms with Gasteiger partial charge in [-0.3, -0.25) is 9.59 Å². The molecule has 182 valence electrons. The lowest BCUT2D eigenvalue weighted by atomic mass is 9.83. The number of likely N-dealkylation sites (tertiary alicyclic amines) is 2. The minimum atomic E-state index is -0.382. The van der Waals surface area contributed by atoms with Gasteiger partial charge in [-0.15, -0.1) is 0 Å². The molecule has 0 aromatic heterocycles. The van der Waals surface area contributed by atoms with E-state index in [1.54, 1.807) is 7.05 Å². The SMILES string of the molecule is CN[C@@H](C)C(=O)NC(C(=O)N1CC[C@H]2CCN(CCc3ccccc3)C[C@H]21)C1CCCCC1. The van der Waals surface area contributed by atoms with Gasteiger partial charge >= 0.3 is 0 Å². The number of hydrogen-bond acceptors (Lipinski definition) is 4. The van der Waals surface area contributed by atoms with Gasteiger partial charge in [0.25, 0.3) is 0 Å². The maximum Gasteiger partial charge on any atom is 0.245 e. The van der Waals surface area contributed by atoms with Crippen LogP contribution in [0.25, 0.3) is 0 Å². The molecule has 1 aromatic carbocycles. The molecule has 0 spiro atoms. The van der Waals surface area contributed by atoms with Gasteiger partial charge in [0.15, 0.2) is 0 Å². The van der Waals surface area contributed by atoms with Crippen molar-refractivity contribution in [2.24, 2.45) is 11.8 Å². The number of carbonyl (C=O) groups is 2. The molecule has 4 atom stereocenters. The Morgan fingerprint density at radius 1 is 1.03 bits per heavy atom. The summed E-state index contributed by atoms with van der Waals surface area (Å²) in [6.07, 6.45) is 8.95. The standard InChI is InChI=1S/C27H42N4O2/c1-20(28-2)26(32)29-25(23-11-7-4-8-12-23)27(33)31-18-15-22-14-17-30(19-24(22)31)16-13-21-9-5-3-6-10-21/h3,5-6,9-10,20,22-25,28H,4,7-8,11-19H2,1-2H3,(H,29,32)/t20-,22+,24+,25?/m0/s1. The Hall–Kier alpha value is -1.92. The van der Waals surface area contributed by atoms with E-state index in [0.29, 0.717) is 5.92 Å². The second-order valence-corrected chi connectivity index (χ2v) is 10.4. The first-order valence-corrected chi connectivity index (χ1v) is 13.1. The van der Waals surface area contributed by atoms with Crippen molar-refractivity contribution in [1.82, 2.24) is 20.4 Å². The summed E-state index contributed by atoms with van der Waals surface area (Å²) in [4.78, 5) is 31.3. The Labute approximate surface area is 199 Å². The average molecular weight is 455 g/mol. The number of amides is 2. The molecule has 2 heterocycles. The van der Waals surface area contributed by atoms with Gasteiger partial charge in [-0.1, -0.05) is 49.6 Å². The molecule has 0 radical (unpaired) electrons. The minimum absolute atomic E-state index is 0.0645. The number of benzene rings is 1. The number of piperidine rings is 1. The zero-order valence-corrected chi connectivity index (χ0v) is 20.5. The van der Waals surface area contributed by atoms with Gasteiger partial charge in [0.2, 0.25) is 11.8 Å². The van der Waals surface area contributed by atoms with E-state index in [-0.39, 0.29) is 35.9 Å². The third-order valence-electron chi connectivity index (χ3n) is 8.30. The lowest BCUT2D eigenvalue weighted by Gasteiger charge is -2.41. The van der Waals surface area contributed by atoms with Crippen LogP contribution in [-0.4, -0.2) is 73.0 Å². The Balaban J connectivity index is 1.42. The number of fused-ring (bicyclic) bond motifs is 1. The van der Waals surface area contributed by atoms with Crippen molar-refractivity contribution in [3.63, 3.8) is 0 Å². The van der Waals surface area contributed by atoms with Crippen LogP contribution < -0.4 is 10.6 Å². The molecule has 3 aliphatic rings. The normalized spacial score (nSPS) is 25.9. The fourth-order valence-electron chi connectivity index (χ4n) is 6.05. The highest BCUT2D eigenvalue weighted by atomic mass is 16.2. The van der Waals surface area contributed by atoms with Crippen LogP contribution in [0.1, 0.15) is 57.4 Å². The molecule has 2 saturated heterocycles. The maximum atomic E-state index is 13.9. The maximum absolute atomic E-state index is 13.9. The van der Waals surface area contributed by atoms with Crippen LogP contribution >= 0.6 is 0 Å². The molecule has 3 fully saturated rings. The number of hydrogen-bond donors (Lipinski definition) is 2. The molecule has 2 N–H and O–H groups in total. The zero-order chi connectivity index (χ0) is 23.2. The third kappa shape index (κ3) is 5.96. The monoisotopic (exact) mass is 454 g/mol. The van der Waals surface area contributed by atoms with Crippen molar-refractivity contribution in [3.8, 4) is 0 Å². The third-order valence-corrected chi connectivity index (χ3v) is 8.30. The van der Waals surface area contributed by atoms with Gasteiger partial charge in [0.1, 0.15) is 6.04 Å². The van der Waals surface area contributed by atoms with Crippen molar-refractivity contribution in [3.05, 3.63) is 35.9 Å². The highest BCUT2D eigenvalue weighted by Crippen LogP contribution is 2.34. The van der Waals surface area contributed by atoms with Crippen molar-refractivity contribution < 1.29 is 9.59 Å². The summed E-state index contributed by atoms with van der Waals surface area (Å²) in [5, 5.41) is 6.18. The molecular formula is C27H42N4O2. The first kappa shape index (κ1) is 24.2. The smallest absolute Gasteiger partial charge is 0.245 e. The van der Waals surface area contributed by atoms with E-state index in [2.05, 4.69) is 50.8 Å². The lowest BCUT2D eigenvalue weighted by molar-refractivity contribution is -0.140. The summed E-state index contributed by atoms with van der Waals surface area (Å²) < 4.78 is 0. The summed E-state index contributed by atoms with van der Waals surface area (Å²) in [5.41, 5.74) is 1.37. The Morgan fingerprint density at radius 2 is 1.76 bits per heavy atom. The quantitative estimate of drug-likeness (QED) is 0.634. The molecular weight excluding hydrogens is 412 g/mol. The number of rotatable bonds is 8. The van der Waals surface area contributed by atoms with E-state index in [4.69, 9.17) is 0 Å². The van der Waals surface area contributed by atoms with Crippen molar-refractivity contribution >= 4 is 11.8 Å². The van der Waals surface area contributed by atoms with Crippen molar-refractivity contribution in [2.45, 2.75) is 76.4 Å². The fourth-order valence-corrected chi connectivity index (χ4v) is 6.05. The van der Waals surface area contributed by atoms with Gasteiger partial charge in [-0.05, 0) is 70.0 Å². The van der Waals surface area contributed by atoms with Gasteiger partial charge in [-0.2, -0.15) is 0 Å². The average Bonchev–Trinajstić information content (AvgIpc) is 3.29. The van der Waals surface area contributed by atoms with Crippen molar-refractivity contribution in [1.29, 1.82) is 0 Å². The van der Waals surface area contributed by atoms with Crippen LogP contribution in [0.3, 0.4) is 0 Å². The Bertz CT molecular complexity index is 780. The van der Waals surface area contributed by atoms with Gasteiger partial charge in [-0.25, -0.2) is 0 Å². The van der Waals surface area contributed by atoms with E-state index in [1.165, 1.54) is 18.4 Å². The molecule has 2 amide bonds. The van der Waals surface area contributed by atoms with E-state index in [1.807, 2.05) is 6.92 Å². The Kier molecular flexibility index (Phi) is 8.42. The number of carbonyl (C=O) groups excluding carboxylic acids is 2. The van der Waals surface area contributed by atoms with E-state index in [9.17, 15) is 9.59 Å². The predicted molar refractivity (Wildman–Crippen MR) is 132 cm³/mol. The second kappa shape index (κ2) is 11.5. The number of likely N-dealkylation sites (N-methyl/N-ethyl adjacent to an activating group) is 1. The summed E-state index contributed by atoms with van der Waals surface area (Å²) >= 11 is 0. The molecule has 2 aliphatic heterocycles. The zero-order valence-electron chi connectivity index (χ0n) is 20.5. The summed E-state index contributed by atoms with van der Waals surface area (Å²) in [6.45, 7) is 5.81. The van der Waals surface area contributed by atoms with Gasteiger partial charge in [0, 0.05) is 25.7 Å². The molecule has 6 heteroatoms. The molecule has 0 bridgehead atoms. The van der Waals surface area contributed by atoms with Crippen LogP contribution in [0.2, 0.25) is 0 Å². The predicted octanol–water partition coefficient (Wildman–Crippen LogP) is 2.82. The van der Waals surface area contributed by atoms with E-state index in [0.717, 1.165) is 64.7 Å². The largest absolute Gasteiger partial charge is 0.343 e. The number of nitrogens with zero attached hydrogens (tertiary/aromatic N) is 2. The highest BCUT2D eigenvalue weighted by Gasteiger charge is 2.44. The minimum Gasteiger partial charge on any atom is -0.343 e. The summed E-state index contributed by atoms with van der Waals surface area (Å²) in [5.74, 6) is 0.957. The van der Waals surface area contributed by atoms with Crippen LogP contribution in [0.4, 0.5) is 0 Å². The van der Waals surface area contributed by atoms with Crippen LogP contribution in [0, 0.1) is 11.8 Å². The molecule has 1 unspecified atom stereocenters. The Morgan fingerprint density at radius 3 is 2.48 bits per heavy atom. The van der Waals surface area contributed by atoms with Gasteiger partial charge < -0.3 is 20.4 Å². The first-order chi connectivity index (χ1) is 16.1. The summed E-state index contributed by atoms with van der Waals surface area (Å²) in [6, 6.07) is 10.3. The molecule has 6 nitrogen and oxygen atoms in total. The highest BCUT2D eigenvalue weighted by molar-refractivity contribution is 5.90.